The fourth-order valence-electron chi connectivity index (χ4n) is 2.26. The highest BCUT2D eigenvalue weighted by Gasteiger charge is 2.71. The number of alkyl halides is 6. The van der Waals surface area contributed by atoms with Crippen LogP contribution in [0, 0.1) is 0 Å². The van der Waals surface area contributed by atoms with E-state index in [0.29, 0.717) is 23.8 Å². The van der Waals surface area contributed by atoms with Gasteiger partial charge in [-0.25, -0.2) is 0 Å². The molecular formula is C16H12F6O2. The molecule has 2 rings (SSSR count). The summed E-state index contributed by atoms with van der Waals surface area (Å²) >= 11 is 0. The molecule has 0 aliphatic carbocycles. The second kappa shape index (κ2) is 6.01. The predicted molar refractivity (Wildman–Crippen MR) is 73.4 cm³/mol. The second-order valence-electron chi connectivity index (χ2n) is 5.21. The summed E-state index contributed by atoms with van der Waals surface area (Å²) in [5.74, 6) is -0.464. The third-order valence-electron chi connectivity index (χ3n) is 3.56. The molecule has 0 radical (unpaired) electrons. The van der Waals surface area contributed by atoms with Gasteiger partial charge in [-0.2, -0.15) is 26.3 Å². The highest BCUT2D eigenvalue weighted by Crippen LogP contribution is 2.50. The Morgan fingerprint density at radius 1 is 0.792 bits per heavy atom. The predicted octanol–water partition coefficient (Wildman–Crippen LogP) is 4.30. The molecule has 2 aromatic carbocycles. The minimum absolute atomic E-state index is 0.0910. The number of halogens is 6. The van der Waals surface area contributed by atoms with E-state index in [9.17, 15) is 36.6 Å². The summed E-state index contributed by atoms with van der Waals surface area (Å²) in [4.78, 5) is 0. The second-order valence-corrected chi connectivity index (χ2v) is 5.21. The van der Waals surface area contributed by atoms with E-state index in [2.05, 4.69) is 0 Å². The van der Waals surface area contributed by atoms with Gasteiger partial charge >= 0.3 is 12.4 Å². The Morgan fingerprint density at radius 3 is 1.83 bits per heavy atom. The van der Waals surface area contributed by atoms with Crippen molar-refractivity contribution >= 4 is 0 Å². The normalized spacial score (nSPS) is 13.1. The minimum atomic E-state index is -5.97. The lowest BCUT2D eigenvalue weighted by Crippen LogP contribution is -2.53. The van der Waals surface area contributed by atoms with E-state index in [1.165, 1.54) is 0 Å². The van der Waals surface area contributed by atoms with Crippen molar-refractivity contribution < 1.29 is 36.6 Å². The van der Waals surface area contributed by atoms with E-state index in [1.54, 1.807) is 30.3 Å². The molecule has 0 saturated carbocycles. The maximum atomic E-state index is 12.9. The molecule has 24 heavy (non-hydrogen) atoms. The first-order valence-corrected chi connectivity index (χ1v) is 6.69. The summed E-state index contributed by atoms with van der Waals surface area (Å²) in [5.41, 5.74) is -6.00. The van der Waals surface area contributed by atoms with Gasteiger partial charge in [-0.05, 0) is 23.3 Å². The molecule has 0 spiro atoms. The zero-order valence-corrected chi connectivity index (χ0v) is 12.0. The maximum absolute atomic E-state index is 12.9. The standard InChI is InChI=1S/C16H12F6O2/c17-15(18,19)14(24,16(20,21)22)12-6-7-13(23)11(9-12)8-10-4-2-1-3-5-10/h1-7,9,23-24H,8H2. The van der Waals surface area contributed by atoms with E-state index < -0.39 is 29.3 Å². The highest BCUT2D eigenvalue weighted by molar-refractivity contribution is 5.42. The van der Waals surface area contributed by atoms with E-state index >= 15 is 0 Å². The van der Waals surface area contributed by atoms with Crippen LogP contribution in [-0.2, 0) is 12.0 Å². The topological polar surface area (TPSA) is 40.5 Å². The van der Waals surface area contributed by atoms with Gasteiger partial charge in [-0.3, -0.25) is 0 Å². The molecule has 2 aromatic rings. The van der Waals surface area contributed by atoms with Gasteiger partial charge in [0.25, 0.3) is 5.60 Å². The van der Waals surface area contributed by atoms with Crippen molar-refractivity contribution in [3.05, 3.63) is 65.2 Å². The van der Waals surface area contributed by atoms with Crippen LogP contribution in [0.1, 0.15) is 16.7 Å². The molecule has 0 aliphatic heterocycles. The summed E-state index contributed by atoms with van der Waals surface area (Å²) in [6.45, 7) is 0. The minimum Gasteiger partial charge on any atom is -0.508 e. The van der Waals surface area contributed by atoms with Crippen LogP contribution in [0.15, 0.2) is 48.5 Å². The van der Waals surface area contributed by atoms with Crippen molar-refractivity contribution in [2.75, 3.05) is 0 Å². The van der Waals surface area contributed by atoms with E-state index in [4.69, 9.17) is 0 Å². The van der Waals surface area contributed by atoms with Gasteiger partial charge in [0.15, 0.2) is 0 Å². The first-order valence-electron chi connectivity index (χ1n) is 6.69. The monoisotopic (exact) mass is 350 g/mol. The Kier molecular flexibility index (Phi) is 4.54. The summed E-state index contributed by atoms with van der Waals surface area (Å²) in [5, 5.41) is 19.1. The lowest BCUT2D eigenvalue weighted by atomic mass is 9.89. The van der Waals surface area contributed by atoms with Crippen LogP contribution >= 0.6 is 0 Å². The Morgan fingerprint density at radius 2 is 1.33 bits per heavy atom. The molecule has 130 valence electrons. The number of aliphatic hydroxyl groups is 1. The van der Waals surface area contributed by atoms with Crippen LogP contribution in [0.5, 0.6) is 5.75 Å². The molecule has 0 atom stereocenters. The molecule has 0 aliphatic rings. The van der Waals surface area contributed by atoms with Gasteiger partial charge in [0.1, 0.15) is 5.75 Å². The van der Waals surface area contributed by atoms with E-state index in [0.717, 1.165) is 0 Å². The fraction of sp³-hybridized carbons (Fsp3) is 0.250. The molecule has 0 saturated heterocycles. The average molecular weight is 350 g/mol. The van der Waals surface area contributed by atoms with E-state index in [1.807, 2.05) is 0 Å². The van der Waals surface area contributed by atoms with Gasteiger partial charge in [0.05, 0.1) is 0 Å². The third kappa shape index (κ3) is 3.19. The number of rotatable bonds is 3. The van der Waals surface area contributed by atoms with Gasteiger partial charge in [0.2, 0.25) is 0 Å². The number of aromatic hydroxyl groups is 1. The molecule has 0 amide bonds. The van der Waals surface area contributed by atoms with Crippen LogP contribution in [-0.4, -0.2) is 22.6 Å². The average Bonchev–Trinajstić information content (AvgIpc) is 2.47. The molecule has 0 fully saturated rings. The maximum Gasteiger partial charge on any atom is 0.430 e. The summed E-state index contributed by atoms with van der Waals surface area (Å²) in [6.07, 6.45) is -12.0. The summed E-state index contributed by atoms with van der Waals surface area (Å²) in [7, 11) is 0. The highest BCUT2D eigenvalue weighted by atomic mass is 19.4. The Bertz CT molecular complexity index is 693. The van der Waals surface area contributed by atoms with Gasteiger partial charge in [-0.15, -0.1) is 0 Å². The zero-order valence-electron chi connectivity index (χ0n) is 12.0. The summed E-state index contributed by atoms with van der Waals surface area (Å²) in [6, 6.07) is 9.80. The molecule has 2 N–H and O–H groups in total. The third-order valence-corrected chi connectivity index (χ3v) is 3.56. The van der Waals surface area contributed by atoms with Crippen molar-refractivity contribution in [2.45, 2.75) is 24.4 Å². The molecular weight excluding hydrogens is 338 g/mol. The quantitative estimate of drug-likeness (QED) is 0.811. The zero-order chi connectivity index (χ0) is 18.2. The molecule has 0 aromatic heterocycles. The first kappa shape index (κ1) is 18.1. The Balaban J connectivity index is 2.53. The Labute approximate surface area is 133 Å². The van der Waals surface area contributed by atoms with Gasteiger partial charge < -0.3 is 10.2 Å². The van der Waals surface area contributed by atoms with Crippen LogP contribution < -0.4 is 0 Å². The van der Waals surface area contributed by atoms with Crippen molar-refractivity contribution in [2.24, 2.45) is 0 Å². The largest absolute Gasteiger partial charge is 0.508 e. The SMILES string of the molecule is Oc1ccc(C(O)(C(F)(F)F)C(F)(F)F)cc1Cc1ccccc1. The lowest BCUT2D eigenvalue weighted by molar-refractivity contribution is -0.376. The number of hydrogen-bond donors (Lipinski definition) is 2. The van der Waals surface area contributed by atoms with Crippen molar-refractivity contribution in [1.29, 1.82) is 0 Å². The summed E-state index contributed by atoms with van der Waals surface area (Å²) < 4.78 is 77.5. The lowest BCUT2D eigenvalue weighted by Gasteiger charge is -2.33. The Hall–Kier alpha value is -2.22. The molecule has 0 heterocycles. The number of phenolic OH excluding ortho intramolecular Hbond substituents is 1. The molecule has 2 nitrogen and oxygen atoms in total. The van der Waals surface area contributed by atoms with Gasteiger partial charge in [0, 0.05) is 12.0 Å². The van der Waals surface area contributed by atoms with Crippen LogP contribution in [0.25, 0.3) is 0 Å². The first-order chi connectivity index (χ1) is 11.0. The number of phenols is 1. The van der Waals surface area contributed by atoms with Crippen molar-refractivity contribution in [3.8, 4) is 5.75 Å². The molecule has 0 bridgehead atoms. The van der Waals surface area contributed by atoms with E-state index in [-0.39, 0.29) is 12.0 Å². The molecule has 8 heteroatoms. The fourth-order valence-corrected chi connectivity index (χ4v) is 2.26. The van der Waals surface area contributed by atoms with Crippen LogP contribution in [0.3, 0.4) is 0 Å². The smallest absolute Gasteiger partial charge is 0.430 e. The number of benzene rings is 2. The van der Waals surface area contributed by atoms with Crippen LogP contribution in [0.4, 0.5) is 26.3 Å². The van der Waals surface area contributed by atoms with Crippen LogP contribution in [0.2, 0.25) is 0 Å². The number of hydrogen-bond acceptors (Lipinski definition) is 2. The van der Waals surface area contributed by atoms with Crippen molar-refractivity contribution in [1.82, 2.24) is 0 Å². The molecule has 0 unspecified atom stereocenters. The van der Waals surface area contributed by atoms with Crippen molar-refractivity contribution in [3.63, 3.8) is 0 Å². The van der Waals surface area contributed by atoms with Gasteiger partial charge in [-0.1, -0.05) is 36.4 Å².